The summed E-state index contributed by atoms with van der Waals surface area (Å²) in [6, 6.07) is 6.38. The van der Waals surface area contributed by atoms with Gasteiger partial charge < -0.3 is 9.53 Å². The predicted molar refractivity (Wildman–Crippen MR) is 76.3 cm³/mol. The number of rotatable bonds is 2. The molecule has 0 N–H and O–H groups in total. The molecule has 1 aromatic rings. The Labute approximate surface area is 114 Å². The van der Waals surface area contributed by atoms with E-state index in [9.17, 15) is 4.79 Å². The molecule has 2 aliphatic rings. The Morgan fingerprint density at radius 3 is 2.68 bits per heavy atom. The molecule has 0 radical (unpaired) electrons. The zero-order chi connectivity index (χ0) is 13.8. The van der Waals surface area contributed by atoms with Gasteiger partial charge in [-0.3, -0.25) is 0 Å². The van der Waals surface area contributed by atoms with E-state index < -0.39 is 0 Å². The fourth-order valence-electron chi connectivity index (χ4n) is 3.13. The summed E-state index contributed by atoms with van der Waals surface area (Å²) in [6.07, 6.45) is 4.19. The third-order valence-corrected chi connectivity index (χ3v) is 4.47. The molecule has 0 aromatic heterocycles. The van der Waals surface area contributed by atoms with E-state index in [2.05, 4.69) is 52.0 Å². The molecule has 0 spiro atoms. The van der Waals surface area contributed by atoms with Gasteiger partial charge in [0.05, 0.1) is 0 Å². The average molecular weight is 256 g/mol. The second-order valence-corrected chi connectivity index (χ2v) is 6.61. The Kier molecular flexibility index (Phi) is 2.44. The van der Waals surface area contributed by atoms with Gasteiger partial charge in [-0.25, -0.2) is 0 Å². The number of hydrogen-bond donors (Lipinski definition) is 0. The molecule has 1 heterocycles. The Bertz CT molecular complexity index is 583. The molecule has 1 aliphatic heterocycles. The maximum absolute atomic E-state index is 11.0. The number of aldehydes is 1. The van der Waals surface area contributed by atoms with Gasteiger partial charge in [0.25, 0.3) is 0 Å². The quantitative estimate of drug-likeness (QED) is 0.753. The fraction of sp³-hybridized carbons (Fsp3) is 0.471. The van der Waals surface area contributed by atoms with Crippen molar-refractivity contribution in [2.75, 3.05) is 0 Å². The van der Waals surface area contributed by atoms with Crippen LogP contribution in [0.5, 0.6) is 5.75 Å². The van der Waals surface area contributed by atoms with Crippen molar-refractivity contribution >= 4 is 11.9 Å². The van der Waals surface area contributed by atoms with E-state index in [-0.39, 0.29) is 16.9 Å². The lowest BCUT2D eigenvalue weighted by atomic mass is 9.90. The molecule has 2 unspecified atom stereocenters. The van der Waals surface area contributed by atoms with Crippen molar-refractivity contribution in [1.29, 1.82) is 0 Å². The zero-order valence-electron chi connectivity index (χ0n) is 12.0. The molecular formula is C17H20O2. The van der Waals surface area contributed by atoms with E-state index in [1.807, 2.05) is 0 Å². The van der Waals surface area contributed by atoms with Crippen molar-refractivity contribution in [2.24, 2.45) is 5.92 Å². The highest BCUT2D eigenvalue weighted by molar-refractivity contribution is 5.73. The van der Waals surface area contributed by atoms with Crippen LogP contribution in [0.25, 0.3) is 5.57 Å². The van der Waals surface area contributed by atoms with Crippen LogP contribution < -0.4 is 4.74 Å². The Morgan fingerprint density at radius 2 is 2.05 bits per heavy atom. The van der Waals surface area contributed by atoms with Gasteiger partial charge in [0.15, 0.2) is 0 Å². The highest BCUT2D eigenvalue weighted by atomic mass is 16.5. The van der Waals surface area contributed by atoms with Crippen LogP contribution in [0.1, 0.15) is 45.2 Å². The first-order valence-electron chi connectivity index (χ1n) is 6.84. The summed E-state index contributed by atoms with van der Waals surface area (Å²) < 4.78 is 6.06. The summed E-state index contributed by atoms with van der Waals surface area (Å²) in [5, 5.41) is 0. The van der Waals surface area contributed by atoms with Crippen LogP contribution in [0.4, 0.5) is 0 Å². The molecule has 0 saturated heterocycles. The number of carbonyl (C=O) groups excluding carboxylic acids is 1. The molecule has 1 fully saturated rings. The molecule has 1 aromatic carbocycles. The number of hydrogen-bond acceptors (Lipinski definition) is 2. The van der Waals surface area contributed by atoms with Gasteiger partial charge in [0, 0.05) is 16.9 Å². The molecule has 3 rings (SSSR count). The second-order valence-electron chi connectivity index (χ2n) is 6.61. The largest absolute Gasteiger partial charge is 0.483 e. The van der Waals surface area contributed by atoms with Crippen molar-refractivity contribution in [3.8, 4) is 5.75 Å². The third-order valence-electron chi connectivity index (χ3n) is 4.47. The summed E-state index contributed by atoms with van der Waals surface area (Å²) in [7, 11) is 0. The topological polar surface area (TPSA) is 26.3 Å². The fourth-order valence-corrected chi connectivity index (χ4v) is 3.13. The SMILES string of the molecule is CC1=CC(C)(C)Oc2cc(C3(C)CC3C=O)ccc21. The van der Waals surface area contributed by atoms with Crippen LogP contribution in [0.15, 0.2) is 24.3 Å². The van der Waals surface area contributed by atoms with Crippen LogP contribution in [-0.4, -0.2) is 11.9 Å². The monoisotopic (exact) mass is 256 g/mol. The predicted octanol–water partition coefficient (Wildman–Crippen LogP) is 3.74. The van der Waals surface area contributed by atoms with Crippen molar-refractivity contribution in [3.63, 3.8) is 0 Å². The summed E-state index contributed by atoms with van der Waals surface area (Å²) in [6.45, 7) is 8.42. The summed E-state index contributed by atoms with van der Waals surface area (Å²) in [5.41, 5.74) is 3.39. The number of fused-ring (bicyclic) bond motifs is 1. The van der Waals surface area contributed by atoms with Crippen molar-refractivity contribution < 1.29 is 9.53 Å². The van der Waals surface area contributed by atoms with E-state index in [0.717, 1.165) is 24.0 Å². The third kappa shape index (κ3) is 1.90. The normalized spacial score (nSPS) is 30.9. The molecular weight excluding hydrogens is 236 g/mol. The van der Waals surface area contributed by atoms with Gasteiger partial charge in [-0.15, -0.1) is 0 Å². The van der Waals surface area contributed by atoms with Gasteiger partial charge in [-0.1, -0.05) is 19.1 Å². The van der Waals surface area contributed by atoms with Gasteiger partial charge in [-0.2, -0.15) is 0 Å². The number of ether oxygens (including phenoxy) is 1. The molecule has 19 heavy (non-hydrogen) atoms. The summed E-state index contributed by atoms with van der Waals surface area (Å²) >= 11 is 0. The number of allylic oxidation sites excluding steroid dienone is 1. The lowest BCUT2D eigenvalue weighted by Crippen LogP contribution is -2.28. The molecule has 2 nitrogen and oxygen atoms in total. The van der Waals surface area contributed by atoms with Crippen molar-refractivity contribution in [1.82, 2.24) is 0 Å². The van der Waals surface area contributed by atoms with Gasteiger partial charge >= 0.3 is 0 Å². The van der Waals surface area contributed by atoms with Crippen LogP contribution in [0.2, 0.25) is 0 Å². The average Bonchev–Trinajstić information content (AvgIpc) is 3.00. The minimum Gasteiger partial charge on any atom is -0.483 e. The van der Waals surface area contributed by atoms with Crippen molar-refractivity contribution in [2.45, 2.75) is 45.1 Å². The maximum atomic E-state index is 11.0. The van der Waals surface area contributed by atoms with E-state index in [1.54, 1.807) is 0 Å². The van der Waals surface area contributed by atoms with Crippen LogP contribution in [0, 0.1) is 5.92 Å². The molecule has 2 atom stereocenters. The van der Waals surface area contributed by atoms with Crippen molar-refractivity contribution in [3.05, 3.63) is 35.4 Å². The van der Waals surface area contributed by atoms with Crippen LogP contribution in [0.3, 0.4) is 0 Å². The van der Waals surface area contributed by atoms with Crippen LogP contribution >= 0.6 is 0 Å². The first-order chi connectivity index (χ1) is 8.86. The molecule has 100 valence electrons. The first kappa shape index (κ1) is 12.5. The maximum Gasteiger partial charge on any atom is 0.128 e. The molecule has 1 aliphatic carbocycles. The van der Waals surface area contributed by atoms with Crippen LogP contribution in [-0.2, 0) is 10.2 Å². The highest BCUT2D eigenvalue weighted by Gasteiger charge is 2.51. The van der Waals surface area contributed by atoms with E-state index in [0.29, 0.717) is 0 Å². The summed E-state index contributed by atoms with van der Waals surface area (Å²) in [5.74, 6) is 1.11. The Hall–Kier alpha value is -1.57. The molecule has 0 amide bonds. The molecule has 1 saturated carbocycles. The zero-order valence-corrected chi connectivity index (χ0v) is 12.0. The van der Waals surface area contributed by atoms with E-state index in [4.69, 9.17) is 4.74 Å². The van der Waals surface area contributed by atoms with Gasteiger partial charge in [-0.05, 0) is 50.5 Å². The summed E-state index contributed by atoms with van der Waals surface area (Å²) in [4.78, 5) is 11.0. The molecule has 0 bridgehead atoms. The van der Waals surface area contributed by atoms with E-state index >= 15 is 0 Å². The second kappa shape index (κ2) is 3.72. The van der Waals surface area contributed by atoms with Gasteiger partial charge in [0.2, 0.25) is 0 Å². The number of benzene rings is 1. The lowest BCUT2D eigenvalue weighted by molar-refractivity contribution is -0.109. The number of carbonyl (C=O) groups is 1. The standard InChI is InChI=1S/C17H20O2/c1-11-8-16(2,3)19-15-7-12(5-6-14(11)15)17(4)9-13(17)10-18/h5-8,10,13H,9H2,1-4H3. The first-order valence-corrected chi connectivity index (χ1v) is 6.84. The van der Waals surface area contributed by atoms with E-state index in [1.165, 1.54) is 11.1 Å². The minimum atomic E-state index is -0.260. The van der Waals surface area contributed by atoms with Gasteiger partial charge in [0.1, 0.15) is 17.6 Å². The molecule has 2 heteroatoms. The highest BCUT2D eigenvalue weighted by Crippen LogP contribution is 2.54. The Balaban J connectivity index is 2.02. The Morgan fingerprint density at radius 1 is 1.32 bits per heavy atom. The smallest absolute Gasteiger partial charge is 0.128 e. The minimum absolute atomic E-state index is 0.0132. The lowest BCUT2D eigenvalue weighted by Gasteiger charge is -2.31.